The molecule has 0 aliphatic carbocycles. The Morgan fingerprint density at radius 1 is 1.18 bits per heavy atom. The first kappa shape index (κ1) is 16.8. The minimum atomic E-state index is -0.197. The maximum absolute atomic E-state index is 12.3. The molecule has 122 valence electrons. The molecule has 1 aromatic carbocycles. The summed E-state index contributed by atoms with van der Waals surface area (Å²) < 4.78 is 5.45. The topological polar surface area (TPSA) is 32.8 Å². The number of unbranched alkanes of at least 4 members (excludes halogenated alkanes) is 1. The quantitative estimate of drug-likeness (QED) is 0.834. The Balaban J connectivity index is 1.84. The molecule has 1 aliphatic rings. The van der Waals surface area contributed by atoms with E-state index in [1.165, 1.54) is 12.8 Å². The summed E-state index contributed by atoms with van der Waals surface area (Å²) in [5.41, 5.74) is 1.03. The Bertz CT molecular complexity index is 451. The van der Waals surface area contributed by atoms with Crippen molar-refractivity contribution < 1.29 is 9.53 Å². The first-order valence-electron chi connectivity index (χ1n) is 8.33. The fourth-order valence-corrected chi connectivity index (χ4v) is 3.10. The summed E-state index contributed by atoms with van der Waals surface area (Å²) in [6.45, 7) is 9.58. The molecule has 1 saturated heterocycles. The Labute approximate surface area is 134 Å². The Morgan fingerprint density at radius 3 is 2.41 bits per heavy atom. The molecular formula is C18H28N2O2. The molecule has 4 heteroatoms. The fourth-order valence-electron chi connectivity index (χ4n) is 3.10. The first-order chi connectivity index (χ1) is 10.6. The second-order valence-corrected chi connectivity index (χ2v) is 6.23. The van der Waals surface area contributed by atoms with Crippen LogP contribution in [0.2, 0.25) is 0 Å². The zero-order valence-corrected chi connectivity index (χ0v) is 14.0. The van der Waals surface area contributed by atoms with Crippen LogP contribution < -0.4 is 0 Å². The van der Waals surface area contributed by atoms with Gasteiger partial charge in [-0.05, 0) is 32.4 Å². The number of hydrogen-bond acceptors (Lipinski definition) is 3. The lowest BCUT2D eigenvalue weighted by Gasteiger charge is -2.44. The van der Waals surface area contributed by atoms with Gasteiger partial charge in [0.1, 0.15) is 6.61 Å². The molecule has 22 heavy (non-hydrogen) atoms. The van der Waals surface area contributed by atoms with Crippen molar-refractivity contribution in [2.24, 2.45) is 0 Å². The first-order valence-corrected chi connectivity index (χ1v) is 8.33. The summed E-state index contributed by atoms with van der Waals surface area (Å²) in [4.78, 5) is 16.6. The molecule has 0 N–H and O–H groups in total. The molecular weight excluding hydrogens is 276 g/mol. The molecule has 0 aromatic heterocycles. The number of carbonyl (C=O) groups excluding carboxylic acids is 1. The standard InChI is InChI=1S/C18H28N2O2/c1-4-5-11-20-15(2)12-19(13-16(20)3)18(21)22-14-17-9-7-6-8-10-17/h6-10,15-16H,4-5,11-14H2,1-3H3/t15-,16+. The van der Waals surface area contributed by atoms with Gasteiger partial charge in [-0.25, -0.2) is 4.79 Å². The van der Waals surface area contributed by atoms with E-state index in [2.05, 4.69) is 25.7 Å². The fraction of sp³-hybridized carbons (Fsp3) is 0.611. The van der Waals surface area contributed by atoms with Crippen LogP contribution in [0.4, 0.5) is 4.79 Å². The van der Waals surface area contributed by atoms with Crippen LogP contribution in [0, 0.1) is 0 Å². The number of piperazine rings is 1. The molecule has 1 aromatic rings. The van der Waals surface area contributed by atoms with Crippen molar-refractivity contribution in [3.05, 3.63) is 35.9 Å². The number of amides is 1. The maximum atomic E-state index is 12.3. The molecule has 2 rings (SSSR count). The molecule has 1 aliphatic heterocycles. The van der Waals surface area contributed by atoms with E-state index in [9.17, 15) is 4.79 Å². The number of hydrogen-bond donors (Lipinski definition) is 0. The van der Waals surface area contributed by atoms with Crippen molar-refractivity contribution in [1.29, 1.82) is 0 Å². The molecule has 0 unspecified atom stereocenters. The van der Waals surface area contributed by atoms with Gasteiger partial charge in [-0.15, -0.1) is 0 Å². The molecule has 1 heterocycles. The lowest BCUT2D eigenvalue weighted by atomic mass is 10.1. The third-order valence-electron chi connectivity index (χ3n) is 4.33. The van der Waals surface area contributed by atoms with Gasteiger partial charge >= 0.3 is 6.09 Å². The average Bonchev–Trinajstić information content (AvgIpc) is 2.52. The van der Waals surface area contributed by atoms with Crippen molar-refractivity contribution in [1.82, 2.24) is 9.80 Å². The minimum absolute atomic E-state index is 0.197. The Kier molecular flexibility index (Phi) is 6.25. The van der Waals surface area contributed by atoms with Crippen LogP contribution in [0.1, 0.15) is 39.2 Å². The lowest BCUT2D eigenvalue weighted by Crippen LogP contribution is -2.58. The van der Waals surface area contributed by atoms with E-state index in [1.54, 1.807) is 0 Å². The lowest BCUT2D eigenvalue weighted by molar-refractivity contribution is 0.0245. The van der Waals surface area contributed by atoms with Gasteiger partial charge in [0.15, 0.2) is 0 Å². The van der Waals surface area contributed by atoms with E-state index in [-0.39, 0.29) is 6.09 Å². The average molecular weight is 304 g/mol. The molecule has 1 amide bonds. The zero-order chi connectivity index (χ0) is 15.9. The highest BCUT2D eigenvalue weighted by molar-refractivity contribution is 5.68. The van der Waals surface area contributed by atoms with Crippen LogP contribution in [0.25, 0.3) is 0 Å². The highest BCUT2D eigenvalue weighted by atomic mass is 16.6. The SMILES string of the molecule is CCCCN1[C@H](C)CN(C(=O)OCc2ccccc2)C[C@@H]1C. The van der Waals surface area contributed by atoms with E-state index >= 15 is 0 Å². The Morgan fingerprint density at radius 2 is 1.82 bits per heavy atom. The van der Waals surface area contributed by atoms with Gasteiger partial charge < -0.3 is 9.64 Å². The molecule has 0 saturated carbocycles. The second kappa shape index (κ2) is 8.18. The summed E-state index contributed by atoms with van der Waals surface area (Å²) in [7, 11) is 0. The highest BCUT2D eigenvalue weighted by Crippen LogP contribution is 2.17. The maximum Gasteiger partial charge on any atom is 0.410 e. The van der Waals surface area contributed by atoms with Crippen molar-refractivity contribution in [2.45, 2.75) is 52.3 Å². The summed E-state index contributed by atoms with van der Waals surface area (Å²) in [5.74, 6) is 0. The molecule has 0 radical (unpaired) electrons. The van der Waals surface area contributed by atoms with Crippen LogP contribution in [0.3, 0.4) is 0 Å². The molecule has 4 nitrogen and oxygen atoms in total. The zero-order valence-electron chi connectivity index (χ0n) is 14.0. The van der Waals surface area contributed by atoms with E-state index in [0.717, 1.165) is 25.2 Å². The third kappa shape index (κ3) is 4.47. The Hall–Kier alpha value is -1.55. The number of nitrogens with zero attached hydrogens (tertiary/aromatic N) is 2. The van der Waals surface area contributed by atoms with Gasteiger partial charge in [0.05, 0.1) is 0 Å². The normalized spacial score (nSPS) is 22.6. The number of benzene rings is 1. The van der Waals surface area contributed by atoms with E-state index < -0.39 is 0 Å². The summed E-state index contributed by atoms with van der Waals surface area (Å²) in [6, 6.07) is 10.6. The predicted molar refractivity (Wildman–Crippen MR) is 88.7 cm³/mol. The van der Waals surface area contributed by atoms with Gasteiger partial charge in [-0.1, -0.05) is 43.7 Å². The van der Waals surface area contributed by atoms with Crippen LogP contribution in [0.15, 0.2) is 30.3 Å². The van der Waals surface area contributed by atoms with E-state index in [4.69, 9.17) is 4.74 Å². The highest BCUT2D eigenvalue weighted by Gasteiger charge is 2.31. The molecule has 0 bridgehead atoms. The van der Waals surface area contributed by atoms with Gasteiger partial charge in [0.2, 0.25) is 0 Å². The van der Waals surface area contributed by atoms with E-state index in [0.29, 0.717) is 18.7 Å². The van der Waals surface area contributed by atoms with Crippen molar-refractivity contribution in [3.63, 3.8) is 0 Å². The third-order valence-corrected chi connectivity index (χ3v) is 4.33. The molecule has 0 spiro atoms. The molecule has 2 atom stereocenters. The monoisotopic (exact) mass is 304 g/mol. The van der Waals surface area contributed by atoms with Crippen molar-refractivity contribution in [3.8, 4) is 0 Å². The summed E-state index contributed by atoms with van der Waals surface area (Å²) in [6.07, 6.45) is 2.23. The second-order valence-electron chi connectivity index (χ2n) is 6.23. The van der Waals surface area contributed by atoms with Gasteiger partial charge in [-0.3, -0.25) is 4.90 Å². The van der Waals surface area contributed by atoms with Crippen LogP contribution >= 0.6 is 0 Å². The van der Waals surface area contributed by atoms with Gasteiger partial charge in [0, 0.05) is 25.2 Å². The number of ether oxygens (including phenoxy) is 1. The summed E-state index contributed by atoms with van der Waals surface area (Å²) >= 11 is 0. The molecule has 1 fully saturated rings. The van der Waals surface area contributed by atoms with Crippen molar-refractivity contribution in [2.75, 3.05) is 19.6 Å². The number of rotatable bonds is 5. The smallest absolute Gasteiger partial charge is 0.410 e. The van der Waals surface area contributed by atoms with E-state index in [1.807, 2.05) is 35.2 Å². The van der Waals surface area contributed by atoms with Gasteiger partial charge in [-0.2, -0.15) is 0 Å². The van der Waals surface area contributed by atoms with Crippen LogP contribution in [-0.2, 0) is 11.3 Å². The van der Waals surface area contributed by atoms with Gasteiger partial charge in [0.25, 0.3) is 0 Å². The minimum Gasteiger partial charge on any atom is -0.445 e. The van der Waals surface area contributed by atoms with Crippen LogP contribution in [-0.4, -0.2) is 47.6 Å². The predicted octanol–water partition coefficient (Wildman–Crippen LogP) is 3.52. The van der Waals surface area contributed by atoms with Crippen LogP contribution in [0.5, 0.6) is 0 Å². The van der Waals surface area contributed by atoms with Crippen molar-refractivity contribution >= 4 is 6.09 Å². The largest absolute Gasteiger partial charge is 0.445 e. The summed E-state index contributed by atoms with van der Waals surface area (Å²) in [5, 5.41) is 0. The number of carbonyl (C=O) groups is 1.